The molecule has 0 radical (unpaired) electrons. The van der Waals surface area contributed by atoms with Gasteiger partial charge in [-0.15, -0.1) is 0 Å². The van der Waals surface area contributed by atoms with Gasteiger partial charge in [0.1, 0.15) is 5.82 Å². The van der Waals surface area contributed by atoms with Crippen LogP contribution in [0.25, 0.3) is 11.4 Å². The molecule has 0 N–H and O–H groups in total. The predicted octanol–water partition coefficient (Wildman–Crippen LogP) is 1.21. The van der Waals surface area contributed by atoms with Crippen LogP contribution in [0.1, 0.15) is 37.3 Å². The molecule has 2 aromatic heterocycles. The second-order valence-electron chi connectivity index (χ2n) is 8.78. The van der Waals surface area contributed by atoms with Gasteiger partial charge in [0.05, 0.1) is 5.56 Å². The number of carbonyl (C=O) groups excluding carboxylic acids is 2. The monoisotopic (exact) mass is 409 g/mol. The average molecular weight is 409 g/mol. The van der Waals surface area contributed by atoms with E-state index in [0.29, 0.717) is 50.4 Å². The standard InChI is InChI=1S/C22H27N5O3/c1-24-10-7-23-21(24)17-4-5-18-16-11-15(13-27(18)22(17)30)12-26(14-16)20(29)6-9-25-8-2-3-19(25)28/h4-5,7,10,15-16H,2-3,6,8-9,11-14H2,1H3/t15-,16+/m0/s1. The molecule has 2 fully saturated rings. The van der Waals surface area contributed by atoms with Crippen LogP contribution in [-0.2, 0) is 23.2 Å². The molecule has 158 valence electrons. The third kappa shape index (κ3) is 3.24. The lowest BCUT2D eigenvalue weighted by atomic mass is 9.83. The molecule has 5 rings (SSSR count). The average Bonchev–Trinajstić information content (AvgIpc) is 3.34. The first-order chi connectivity index (χ1) is 14.5. The van der Waals surface area contributed by atoms with Crippen molar-refractivity contribution in [3.63, 3.8) is 0 Å². The second-order valence-corrected chi connectivity index (χ2v) is 8.78. The summed E-state index contributed by atoms with van der Waals surface area (Å²) in [5.41, 5.74) is 1.64. The molecule has 2 saturated heterocycles. The zero-order valence-electron chi connectivity index (χ0n) is 17.3. The minimum Gasteiger partial charge on any atom is -0.342 e. The number of aryl methyl sites for hydroxylation is 1. The topological polar surface area (TPSA) is 80.4 Å². The SMILES string of the molecule is Cn1ccnc1-c1ccc2n(c1=O)C[C@H]1C[C@@H]2CN(C(=O)CCN2CCCC2=O)C1. The summed E-state index contributed by atoms with van der Waals surface area (Å²) in [6.45, 7) is 3.25. The van der Waals surface area contributed by atoms with Crippen molar-refractivity contribution in [3.8, 4) is 11.4 Å². The Kier molecular flexibility index (Phi) is 4.72. The van der Waals surface area contributed by atoms with E-state index >= 15 is 0 Å². The van der Waals surface area contributed by atoms with Crippen LogP contribution in [0, 0.1) is 5.92 Å². The number of hydrogen-bond acceptors (Lipinski definition) is 4. The summed E-state index contributed by atoms with van der Waals surface area (Å²) in [5, 5.41) is 0. The number of nitrogens with zero attached hydrogens (tertiary/aromatic N) is 5. The van der Waals surface area contributed by atoms with Crippen molar-refractivity contribution in [1.29, 1.82) is 0 Å². The molecule has 8 nitrogen and oxygen atoms in total. The molecule has 5 heterocycles. The number of likely N-dealkylation sites (tertiary alicyclic amines) is 2. The number of imidazole rings is 1. The lowest BCUT2D eigenvalue weighted by Gasteiger charge is -2.43. The fraction of sp³-hybridized carbons (Fsp3) is 0.545. The molecule has 0 spiro atoms. The number of hydrogen-bond donors (Lipinski definition) is 0. The van der Waals surface area contributed by atoms with Gasteiger partial charge in [0.15, 0.2) is 0 Å². The van der Waals surface area contributed by atoms with Crippen molar-refractivity contribution >= 4 is 11.8 Å². The van der Waals surface area contributed by atoms with Crippen LogP contribution in [0.4, 0.5) is 0 Å². The lowest BCUT2D eigenvalue weighted by molar-refractivity contribution is -0.135. The number of rotatable bonds is 4. The Morgan fingerprint density at radius 1 is 1.20 bits per heavy atom. The van der Waals surface area contributed by atoms with E-state index in [9.17, 15) is 14.4 Å². The van der Waals surface area contributed by atoms with Gasteiger partial charge in [-0.1, -0.05) is 0 Å². The predicted molar refractivity (Wildman–Crippen MR) is 111 cm³/mol. The molecule has 3 aliphatic heterocycles. The summed E-state index contributed by atoms with van der Waals surface area (Å²) in [6, 6.07) is 3.90. The summed E-state index contributed by atoms with van der Waals surface area (Å²) in [7, 11) is 1.89. The highest BCUT2D eigenvalue weighted by molar-refractivity contribution is 5.80. The molecule has 0 aromatic carbocycles. The van der Waals surface area contributed by atoms with E-state index in [2.05, 4.69) is 4.98 Å². The van der Waals surface area contributed by atoms with Crippen LogP contribution >= 0.6 is 0 Å². The molecule has 2 bridgehead atoms. The van der Waals surface area contributed by atoms with E-state index in [-0.39, 0.29) is 29.2 Å². The fourth-order valence-electron chi connectivity index (χ4n) is 5.27. The molecule has 2 amide bonds. The van der Waals surface area contributed by atoms with Crippen LogP contribution in [0.2, 0.25) is 0 Å². The summed E-state index contributed by atoms with van der Waals surface area (Å²) < 4.78 is 3.76. The number of pyridine rings is 1. The minimum absolute atomic E-state index is 0.00354. The normalized spacial score (nSPS) is 23.0. The maximum Gasteiger partial charge on any atom is 0.261 e. The van der Waals surface area contributed by atoms with Crippen LogP contribution in [-0.4, -0.2) is 61.9 Å². The van der Waals surface area contributed by atoms with Crippen molar-refractivity contribution in [2.45, 2.75) is 38.1 Å². The zero-order chi connectivity index (χ0) is 20.8. The molecular weight excluding hydrogens is 382 g/mol. The zero-order valence-corrected chi connectivity index (χ0v) is 17.3. The maximum atomic E-state index is 13.2. The van der Waals surface area contributed by atoms with E-state index in [1.54, 1.807) is 11.1 Å². The smallest absolute Gasteiger partial charge is 0.261 e. The first-order valence-corrected chi connectivity index (χ1v) is 10.8. The number of amides is 2. The third-order valence-electron chi connectivity index (χ3n) is 6.79. The Hall–Kier alpha value is -2.90. The van der Waals surface area contributed by atoms with Gasteiger partial charge in [-0.3, -0.25) is 14.4 Å². The van der Waals surface area contributed by atoms with Crippen molar-refractivity contribution in [1.82, 2.24) is 23.9 Å². The largest absolute Gasteiger partial charge is 0.342 e. The van der Waals surface area contributed by atoms with E-state index in [1.807, 2.05) is 39.4 Å². The molecule has 8 heteroatoms. The van der Waals surface area contributed by atoms with E-state index in [4.69, 9.17) is 0 Å². The minimum atomic E-state index is 0.00354. The Morgan fingerprint density at radius 3 is 2.80 bits per heavy atom. The van der Waals surface area contributed by atoms with Gasteiger partial charge in [-0.05, 0) is 30.9 Å². The Labute approximate surface area is 175 Å². The van der Waals surface area contributed by atoms with Crippen molar-refractivity contribution in [2.24, 2.45) is 13.0 Å². The summed E-state index contributed by atoms with van der Waals surface area (Å²) in [5.74, 6) is 1.42. The van der Waals surface area contributed by atoms with Crippen LogP contribution < -0.4 is 5.56 Å². The van der Waals surface area contributed by atoms with Crippen LogP contribution in [0.3, 0.4) is 0 Å². The highest BCUT2D eigenvalue weighted by atomic mass is 16.2. The van der Waals surface area contributed by atoms with E-state index < -0.39 is 0 Å². The van der Waals surface area contributed by atoms with Gasteiger partial charge in [0.25, 0.3) is 5.56 Å². The molecule has 0 saturated carbocycles. The first kappa shape index (κ1) is 19.1. The number of fused-ring (bicyclic) bond motifs is 4. The van der Waals surface area contributed by atoms with Crippen molar-refractivity contribution in [3.05, 3.63) is 40.6 Å². The molecule has 30 heavy (non-hydrogen) atoms. The quantitative estimate of drug-likeness (QED) is 0.760. The fourth-order valence-corrected chi connectivity index (χ4v) is 5.27. The van der Waals surface area contributed by atoms with Crippen molar-refractivity contribution in [2.75, 3.05) is 26.2 Å². The summed E-state index contributed by atoms with van der Waals surface area (Å²) >= 11 is 0. The Balaban J connectivity index is 1.33. The van der Waals surface area contributed by atoms with Gasteiger partial charge in [-0.2, -0.15) is 0 Å². The van der Waals surface area contributed by atoms with E-state index in [1.165, 1.54) is 0 Å². The summed E-state index contributed by atoms with van der Waals surface area (Å²) in [4.78, 5) is 45.9. The highest BCUT2D eigenvalue weighted by Crippen LogP contribution is 2.36. The van der Waals surface area contributed by atoms with Gasteiger partial charge in [0.2, 0.25) is 11.8 Å². The lowest BCUT2D eigenvalue weighted by Crippen LogP contribution is -2.49. The highest BCUT2D eigenvalue weighted by Gasteiger charge is 2.37. The molecule has 0 aliphatic carbocycles. The number of piperidine rings is 1. The molecule has 0 unspecified atom stereocenters. The van der Waals surface area contributed by atoms with Crippen LogP contribution in [0.5, 0.6) is 0 Å². The van der Waals surface area contributed by atoms with Gasteiger partial charge in [-0.25, -0.2) is 4.98 Å². The Morgan fingerprint density at radius 2 is 2.07 bits per heavy atom. The summed E-state index contributed by atoms with van der Waals surface area (Å²) in [6.07, 6.45) is 6.44. The molecular formula is C22H27N5O3. The van der Waals surface area contributed by atoms with Gasteiger partial charge >= 0.3 is 0 Å². The number of carbonyl (C=O) groups is 2. The van der Waals surface area contributed by atoms with Crippen LogP contribution in [0.15, 0.2) is 29.3 Å². The third-order valence-corrected chi connectivity index (χ3v) is 6.79. The van der Waals surface area contributed by atoms with Crippen molar-refractivity contribution < 1.29 is 9.59 Å². The van der Waals surface area contributed by atoms with Gasteiger partial charge < -0.3 is 18.9 Å². The van der Waals surface area contributed by atoms with E-state index in [0.717, 1.165) is 25.1 Å². The van der Waals surface area contributed by atoms with Gasteiger partial charge in [0, 0.05) is 76.6 Å². The molecule has 2 atom stereocenters. The Bertz CT molecular complexity index is 1060. The second kappa shape index (κ2) is 7.41. The molecule has 2 aromatic rings. The molecule has 3 aliphatic rings. The first-order valence-electron chi connectivity index (χ1n) is 10.8. The number of aromatic nitrogens is 3. The maximum absolute atomic E-state index is 13.2.